The molecule has 2 fully saturated rings. The van der Waals surface area contributed by atoms with Gasteiger partial charge in [0.2, 0.25) is 0 Å². The fourth-order valence-electron chi connectivity index (χ4n) is 3.52. The smallest absolute Gasteiger partial charge is 0.124 e. The Kier molecular flexibility index (Phi) is 5.37. The Labute approximate surface area is 135 Å². The Morgan fingerprint density at radius 1 is 1.23 bits per heavy atom. The molecule has 2 aliphatic rings. The van der Waals surface area contributed by atoms with Crippen molar-refractivity contribution >= 4 is 0 Å². The van der Waals surface area contributed by atoms with Crippen LogP contribution in [0, 0.1) is 6.92 Å². The quantitative estimate of drug-likeness (QED) is 0.869. The summed E-state index contributed by atoms with van der Waals surface area (Å²) >= 11 is 0. The van der Waals surface area contributed by atoms with Crippen LogP contribution >= 0.6 is 0 Å². The van der Waals surface area contributed by atoms with E-state index in [1.165, 1.54) is 37.9 Å². The van der Waals surface area contributed by atoms with Gasteiger partial charge in [-0.1, -0.05) is 31.5 Å². The first-order valence-electron chi connectivity index (χ1n) is 8.84. The van der Waals surface area contributed by atoms with Crippen LogP contribution in [-0.2, 0) is 0 Å². The van der Waals surface area contributed by atoms with Crippen LogP contribution in [0.1, 0.15) is 50.6 Å². The molecule has 3 heteroatoms. The molecular weight excluding hydrogens is 272 g/mol. The van der Waals surface area contributed by atoms with E-state index in [-0.39, 0.29) is 6.04 Å². The molecule has 1 unspecified atom stereocenters. The number of benzene rings is 1. The summed E-state index contributed by atoms with van der Waals surface area (Å²) in [6, 6.07) is 9.29. The summed E-state index contributed by atoms with van der Waals surface area (Å²) in [5.74, 6) is 1.01. The Hall–Kier alpha value is -1.06. The van der Waals surface area contributed by atoms with E-state index >= 15 is 0 Å². The highest BCUT2D eigenvalue weighted by Gasteiger charge is 2.29. The van der Waals surface area contributed by atoms with E-state index < -0.39 is 0 Å². The van der Waals surface area contributed by atoms with Gasteiger partial charge in [0.25, 0.3) is 0 Å². The average Bonchev–Trinajstić information content (AvgIpc) is 2.48. The van der Waals surface area contributed by atoms with E-state index in [2.05, 4.69) is 48.3 Å². The average molecular weight is 301 g/mol. The number of nitrogens with one attached hydrogen (secondary N) is 1. The number of likely N-dealkylation sites (tertiary alicyclic amines) is 1. The second kappa shape index (κ2) is 7.47. The molecule has 1 saturated carbocycles. The van der Waals surface area contributed by atoms with Gasteiger partial charge in [-0.3, -0.25) is 0 Å². The summed E-state index contributed by atoms with van der Waals surface area (Å²) in [6.07, 6.45) is 6.87. The van der Waals surface area contributed by atoms with Crippen LogP contribution in [0.4, 0.5) is 0 Å². The molecule has 3 rings (SSSR count). The zero-order valence-corrected chi connectivity index (χ0v) is 13.8. The van der Waals surface area contributed by atoms with Crippen LogP contribution in [0.2, 0.25) is 0 Å². The van der Waals surface area contributed by atoms with Gasteiger partial charge in [0.05, 0.1) is 0 Å². The van der Waals surface area contributed by atoms with Crippen molar-refractivity contribution in [3.63, 3.8) is 0 Å². The van der Waals surface area contributed by atoms with Crippen molar-refractivity contribution in [2.24, 2.45) is 0 Å². The van der Waals surface area contributed by atoms with E-state index in [0.717, 1.165) is 31.2 Å². The number of para-hydroxylation sites is 1. The largest absolute Gasteiger partial charge is 0.490 e. The number of ether oxygens (including phenoxy) is 1. The molecule has 1 aliphatic heterocycles. The fraction of sp³-hybridized carbons (Fsp3) is 0.632. The molecule has 3 nitrogen and oxygen atoms in total. The van der Waals surface area contributed by atoms with E-state index in [0.29, 0.717) is 6.10 Å². The maximum Gasteiger partial charge on any atom is 0.124 e. The third-order valence-electron chi connectivity index (χ3n) is 5.11. The zero-order chi connectivity index (χ0) is 15.4. The molecule has 1 aromatic carbocycles. The van der Waals surface area contributed by atoms with Crippen molar-refractivity contribution in [3.05, 3.63) is 36.8 Å². The molecule has 1 heterocycles. The Morgan fingerprint density at radius 2 is 1.95 bits per heavy atom. The van der Waals surface area contributed by atoms with Gasteiger partial charge in [0.15, 0.2) is 0 Å². The molecule has 1 radical (unpaired) electrons. The van der Waals surface area contributed by atoms with Crippen molar-refractivity contribution in [1.29, 1.82) is 0 Å². The normalized spacial score (nSPS) is 22.3. The predicted octanol–water partition coefficient (Wildman–Crippen LogP) is 3.57. The number of piperidine rings is 1. The number of hydrogen-bond donors (Lipinski definition) is 1. The summed E-state index contributed by atoms with van der Waals surface area (Å²) in [7, 11) is 0. The van der Waals surface area contributed by atoms with Crippen LogP contribution in [-0.4, -0.2) is 36.7 Å². The first kappa shape index (κ1) is 15.8. The lowest BCUT2D eigenvalue weighted by Crippen LogP contribution is -2.46. The van der Waals surface area contributed by atoms with E-state index in [4.69, 9.17) is 4.74 Å². The molecule has 1 aromatic rings. The van der Waals surface area contributed by atoms with Crippen molar-refractivity contribution in [1.82, 2.24) is 10.2 Å². The first-order valence-corrected chi connectivity index (χ1v) is 8.84. The molecule has 22 heavy (non-hydrogen) atoms. The maximum absolute atomic E-state index is 6.33. The standard InChI is InChI=1S/C19H29N2O/c1-3-20-15(2)18-9-4-5-10-19(18)22-17-11-13-21(14-12-17)16-7-6-8-16/h4-5,9-10,15-17,20H,2-3,6-8,11-14H2,1H3. The molecule has 1 N–H and O–H groups in total. The highest BCUT2D eigenvalue weighted by Crippen LogP contribution is 2.30. The molecular formula is C19H29N2O. The Balaban J connectivity index is 1.57. The summed E-state index contributed by atoms with van der Waals surface area (Å²) in [6.45, 7) is 9.62. The molecule has 1 saturated heterocycles. The van der Waals surface area contributed by atoms with Gasteiger partial charge >= 0.3 is 0 Å². The van der Waals surface area contributed by atoms with Crippen molar-refractivity contribution in [3.8, 4) is 5.75 Å². The van der Waals surface area contributed by atoms with Gasteiger partial charge < -0.3 is 15.0 Å². The fourth-order valence-corrected chi connectivity index (χ4v) is 3.52. The highest BCUT2D eigenvalue weighted by molar-refractivity contribution is 5.36. The summed E-state index contributed by atoms with van der Waals surface area (Å²) in [5.41, 5.74) is 1.17. The van der Waals surface area contributed by atoms with Gasteiger partial charge in [-0.2, -0.15) is 0 Å². The summed E-state index contributed by atoms with van der Waals surface area (Å²) in [4.78, 5) is 2.66. The van der Waals surface area contributed by atoms with Gasteiger partial charge in [-0.25, -0.2) is 0 Å². The van der Waals surface area contributed by atoms with Crippen LogP contribution in [0.3, 0.4) is 0 Å². The first-order chi connectivity index (χ1) is 10.8. The summed E-state index contributed by atoms with van der Waals surface area (Å²) in [5, 5.41) is 3.38. The zero-order valence-electron chi connectivity index (χ0n) is 13.8. The number of nitrogens with zero attached hydrogens (tertiary/aromatic N) is 1. The topological polar surface area (TPSA) is 24.5 Å². The highest BCUT2D eigenvalue weighted by atomic mass is 16.5. The van der Waals surface area contributed by atoms with E-state index in [9.17, 15) is 0 Å². The predicted molar refractivity (Wildman–Crippen MR) is 91.1 cm³/mol. The molecule has 1 aliphatic carbocycles. The van der Waals surface area contributed by atoms with Gasteiger partial charge in [0.1, 0.15) is 11.9 Å². The third kappa shape index (κ3) is 3.64. The van der Waals surface area contributed by atoms with E-state index in [1.807, 2.05) is 0 Å². The second-order valence-corrected chi connectivity index (χ2v) is 6.59. The van der Waals surface area contributed by atoms with Crippen molar-refractivity contribution in [2.75, 3.05) is 19.6 Å². The SMILES string of the molecule is [CH2]C(NCC)c1ccccc1OC1CCN(C2CCC2)CC1. The lowest BCUT2D eigenvalue weighted by atomic mass is 9.90. The molecule has 0 amide bonds. The second-order valence-electron chi connectivity index (χ2n) is 6.59. The Bertz CT molecular complexity index is 464. The van der Waals surface area contributed by atoms with Crippen LogP contribution in [0.15, 0.2) is 24.3 Å². The van der Waals surface area contributed by atoms with Gasteiger partial charge in [-0.05, 0) is 45.2 Å². The number of hydrogen-bond acceptors (Lipinski definition) is 3. The van der Waals surface area contributed by atoms with Gasteiger partial charge in [-0.15, -0.1) is 0 Å². The van der Waals surface area contributed by atoms with Crippen molar-refractivity contribution in [2.45, 2.75) is 57.2 Å². The molecule has 0 bridgehead atoms. The van der Waals surface area contributed by atoms with E-state index in [1.54, 1.807) is 0 Å². The lowest BCUT2D eigenvalue weighted by molar-refractivity contribution is 0.0488. The van der Waals surface area contributed by atoms with Gasteiger partial charge in [0, 0.05) is 30.7 Å². The molecule has 121 valence electrons. The van der Waals surface area contributed by atoms with Crippen LogP contribution < -0.4 is 10.1 Å². The maximum atomic E-state index is 6.33. The Morgan fingerprint density at radius 3 is 2.59 bits per heavy atom. The van der Waals surface area contributed by atoms with Crippen molar-refractivity contribution < 1.29 is 4.74 Å². The van der Waals surface area contributed by atoms with Crippen LogP contribution in [0.5, 0.6) is 5.75 Å². The molecule has 0 aromatic heterocycles. The minimum Gasteiger partial charge on any atom is -0.490 e. The summed E-state index contributed by atoms with van der Waals surface area (Å²) < 4.78 is 6.33. The minimum absolute atomic E-state index is 0.0938. The lowest BCUT2D eigenvalue weighted by Gasteiger charge is -2.41. The molecule has 1 atom stereocenters. The number of rotatable bonds is 6. The van der Waals surface area contributed by atoms with Crippen LogP contribution in [0.25, 0.3) is 0 Å². The molecule has 0 spiro atoms. The third-order valence-corrected chi connectivity index (χ3v) is 5.11. The minimum atomic E-state index is 0.0938. The monoisotopic (exact) mass is 301 g/mol.